The second-order valence-electron chi connectivity index (χ2n) is 8.90. The number of rotatable bonds is 10. The lowest BCUT2D eigenvalue weighted by Crippen LogP contribution is -2.48. The van der Waals surface area contributed by atoms with E-state index in [1.165, 1.54) is 37.9 Å². The third-order valence-electron chi connectivity index (χ3n) is 6.16. The highest BCUT2D eigenvalue weighted by atomic mass is 16.5. The molecule has 2 aliphatic rings. The number of piperidine rings is 1. The summed E-state index contributed by atoms with van der Waals surface area (Å²) in [5.74, 6) is 2.28. The number of likely N-dealkylation sites (N-methyl/N-ethyl adjacent to an activating group) is 1. The lowest BCUT2D eigenvalue weighted by atomic mass is 10.1. The molecule has 2 fully saturated rings. The van der Waals surface area contributed by atoms with E-state index in [2.05, 4.69) is 39.1 Å². The van der Waals surface area contributed by atoms with Gasteiger partial charge < -0.3 is 9.47 Å². The van der Waals surface area contributed by atoms with Gasteiger partial charge in [-0.2, -0.15) is 0 Å². The molecule has 9 heteroatoms. The first-order valence-electron chi connectivity index (χ1n) is 12.3. The summed E-state index contributed by atoms with van der Waals surface area (Å²) in [6, 6.07) is 15.4. The standard InChI is InChI=1S/C26H36N6O3/c1-30-25(20-32(29-30)28-26(33)22-10-12-23(34-2)13-11-22)27-14-7-17-35-24-9-6-8-21(18-24)19-31-15-4-3-5-16-31/h6,8-13,18,29H,3-5,7,14-17,19-20H2,1-2H3,(H,28,33). The fourth-order valence-corrected chi connectivity index (χ4v) is 4.24. The molecule has 2 saturated heterocycles. The van der Waals surface area contributed by atoms with Crippen LogP contribution in [-0.4, -0.2) is 73.7 Å². The first-order valence-corrected chi connectivity index (χ1v) is 12.3. The molecule has 2 aliphatic heterocycles. The molecule has 0 bridgehead atoms. The van der Waals surface area contributed by atoms with Crippen LogP contribution in [0.2, 0.25) is 0 Å². The maximum atomic E-state index is 12.5. The van der Waals surface area contributed by atoms with Crippen LogP contribution in [0.5, 0.6) is 11.5 Å². The zero-order chi connectivity index (χ0) is 24.5. The molecule has 0 unspecified atom stereocenters. The molecule has 0 saturated carbocycles. The zero-order valence-electron chi connectivity index (χ0n) is 20.7. The average molecular weight is 481 g/mol. The topological polar surface area (TPSA) is 81.7 Å². The molecule has 0 aromatic heterocycles. The summed E-state index contributed by atoms with van der Waals surface area (Å²) < 4.78 is 11.1. The van der Waals surface area contributed by atoms with Gasteiger partial charge in [0.1, 0.15) is 17.3 Å². The van der Waals surface area contributed by atoms with Crippen LogP contribution in [0, 0.1) is 0 Å². The highest BCUT2D eigenvalue weighted by molar-refractivity contribution is 5.94. The summed E-state index contributed by atoms with van der Waals surface area (Å²) in [7, 11) is 3.48. The molecule has 2 aromatic rings. The Hall–Kier alpha value is -3.14. The van der Waals surface area contributed by atoms with Gasteiger partial charge in [0.25, 0.3) is 5.91 Å². The Balaban J connectivity index is 1.18. The highest BCUT2D eigenvalue weighted by Crippen LogP contribution is 2.18. The summed E-state index contributed by atoms with van der Waals surface area (Å²) >= 11 is 0. The zero-order valence-corrected chi connectivity index (χ0v) is 20.7. The number of hydrogen-bond acceptors (Lipinski definition) is 7. The molecule has 0 atom stereocenters. The molecule has 4 rings (SSSR count). The normalized spacial score (nSPS) is 18.1. The van der Waals surface area contributed by atoms with Gasteiger partial charge in [0.15, 0.2) is 0 Å². The van der Waals surface area contributed by atoms with Gasteiger partial charge in [-0.15, -0.1) is 10.7 Å². The second kappa shape index (κ2) is 12.5. The molecule has 9 nitrogen and oxygen atoms in total. The van der Waals surface area contributed by atoms with Crippen LogP contribution in [0.4, 0.5) is 0 Å². The number of carbonyl (C=O) groups excluding carboxylic acids is 1. The Kier molecular flexibility index (Phi) is 8.94. The number of carbonyl (C=O) groups is 1. The van der Waals surface area contributed by atoms with Crippen LogP contribution in [0.1, 0.15) is 41.6 Å². The van der Waals surface area contributed by atoms with Crippen molar-refractivity contribution in [2.24, 2.45) is 4.99 Å². The lowest BCUT2D eigenvalue weighted by Gasteiger charge is -2.26. The predicted molar refractivity (Wildman–Crippen MR) is 136 cm³/mol. The van der Waals surface area contributed by atoms with Gasteiger partial charge in [0.2, 0.25) is 0 Å². The van der Waals surface area contributed by atoms with Crippen molar-refractivity contribution in [2.45, 2.75) is 32.2 Å². The maximum absolute atomic E-state index is 12.5. The number of amides is 1. The van der Waals surface area contributed by atoms with Crippen LogP contribution in [0.25, 0.3) is 0 Å². The van der Waals surface area contributed by atoms with E-state index in [1.54, 1.807) is 41.5 Å². The molecule has 1 amide bonds. The largest absolute Gasteiger partial charge is 0.497 e. The van der Waals surface area contributed by atoms with E-state index in [4.69, 9.17) is 9.47 Å². The minimum atomic E-state index is -0.203. The number of hydrogen-bond donors (Lipinski definition) is 2. The lowest BCUT2D eigenvalue weighted by molar-refractivity contribution is 0.0610. The van der Waals surface area contributed by atoms with E-state index in [9.17, 15) is 4.79 Å². The first kappa shape index (κ1) is 25.0. The number of methoxy groups -OCH3 is 1. The number of ether oxygens (including phenoxy) is 2. The third-order valence-corrected chi connectivity index (χ3v) is 6.16. The summed E-state index contributed by atoms with van der Waals surface area (Å²) in [6.45, 7) is 5.11. The molecular formula is C26H36N6O3. The number of hydrazine groups is 3. The Bertz CT molecular complexity index is 991. The van der Waals surface area contributed by atoms with Crippen LogP contribution in [-0.2, 0) is 6.54 Å². The fraction of sp³-hybridized carbons (Fsp3) is 0.462. The molecule has 2 heterocycles. The second-order valence-corrected chi connectivity index (χ2v) is 8.90. The van der Waals surface area contributed by atoms with Gasteiger partial charge >= 0.3 is 0 Å². The van der Waals surface area contributed by atoms with Crippen molar-refractivity contribution in [3.05, 3.63) is 59.7 Å². The molecule has 0 aliphatic carbocycles. The molecule has 2 N–H and O–H groups in total. The van der Waals surface area contributed by atoms with E-state index in [0.29, 0.717) is 31.0 Å². The number of amidine groups is 1. The minimum Gasteiger partial charge on any atom is -0.497 e. The van der Waals surface area contributed by atoms with E-state index in [1.807, 2.05) is 13.1 Å². The summed E-state index contributed by atoms with van der Waals surface area (Å²) in [5.41, 5.74) is 7.78. The average Bonchev–Trinajstić information content (AvgIpc) is 3.23. The number of nitrogens with one attached hydrogen (secondary N) is 2. The Morgan fingerprint density at radius 2 is 1.89 bits per heavy atom. The van der Waals surface area contributed by atoms with Gasteiger partial charge in [-0.05, 0) is 67.9 Å². The number of nitrogens with zero attached hydrogens (tertiary/aromatic N) is 4. The van der Waals surface area contributed by atoms with Crippen molar-refractivity contribution >= 4 is 11.7 Å². The minimum absolute atomic E-state index is 0.203. The van der Waals surface area contributed by atoms with Crippen LogP contribution in [0.3, 0.4) is 0 Å². The molecule has 0 radical (unpaired) electrons. The third kappa shape index (κ3) is 7.42. The smallest absolute Gasteiger partial charge is 0.266 e. The Morgan fingerprint density at radius 1 is 1.09 bits per heavy atom. The van der Waals surface area contributed by atoms with E-state index < -0.39 is 0 Å². The fourth-order valence-electron chi connectivity index (χ4n) is 4.24. The summed E-state index contributed by atoms with van der Waals surface area (Å²) in [6.07, 6.45) is 4.77. The van der Waals surface area contributed by atoms with Crippen molar-refractivity contribution in [3.8, 4) is 11.5 Å². The van der Waals surface area contributed by atoms with Crippen molar-refractivity contribution in [2.75, 3.05) is 46.9 Å². The maximum Gasteiger partial charge on any atom is 0.266 e. The van der Waals surface area contributed by atoms with Crippen molar-refractivity contribution < 1.29 is 14.3 Å². The molecule has 0 spiro atoms. The molecule has 35 heavy (non-hydrogen) atoms. The van der Waals surface area contributed by atoms with Crippen LogP contribution >= 0.6 is 0 Å². The SMILES string of the molecule is COc1ccc(C(=O)NN2CC(=NCCCOc3cccc(CN4CCCCC4)c3)N(C)N2)cc1. The van der Waals surface area contributed by atoms with Gasteiger partial charge in [-0.25, -0.2) is 0 Å². The van der Waals surface area contributed by atoms with Gasteiger partial charge in [-0.1, -0.05) is 18.6 Å². The highest BCUT2D eigenvalue weighted by Gasteiger charge is 2.24. The monoisotopic (exact) mass is 480 g/mol. The first-order chi connectivity index (χ1) is 17.1. The van der Waals surface area contributed by atoms with Gasteiger partial charge in [0.05, 0.1) is 20.3 Å². The van der Waals surface area contributed by atoms with E-state index in [-0.39, 0.29) is 5.91 Å². The number of benzene rings is 2. The summed E-state index contributed by atoms with van der Waals surface area (Å²) in [4.78, 5) is 19.7. The molecular weight excluding hydrogens is 444 g/mol. The predicted octanol–water partition coefficient (Wildman–Crippen LogP) is 2.86. The summed E-state index contributed by atoms with van der Waals surface area (Å²) in [5, 5.41) is 3.43. The number of aliphatic imine (C=N–C) groups is 1. The van der Waals surface area contributed by atoms with E-state index >= 15 is 0 Å². The Labute approximate surface area is 207 Å². The van der Waals surface area contributed by atoms with Gasteiger partial charge in [0, 0.05) is 32.1 Å². The van der Waals surface area contributed by atoms with Crippen LogP contribution in [0.15, 0.2) is 53.5 Å². The van der Waals surface area contributed by atoms with E-state index in [0.717, 1.165) is 24.6 Å². The molecule has 2 aromatic carbocycles. The molecule has 188 valence electrons. The number of likely N-dealkylation sites (tertiary alicyclic amines) is 1. The van der Waals surface area contributed by atoms with Gasteiger partial charge in [-0.3, -0.25) is 25.1 Å². The van der Waals surface area contributed by atoms with Crippen molar-refractivity contribution in [1.29, 1.82) is 0 Å². The quantitative estimate of drug-likeness (QED) is 0.506. The van der Waals surface area contributed by atoms with Crippen LogP contribution < -0.4 is 20.4 Å². The van der Waals surface area contributed by atoms with Crippen molar-refractivity contribution in [3.63, 3.8) is 0 Å². The Morgan fingerprint density at radius 3 is 2.66 bits per heavy atom. The van der Waals surface area contributed by atoms with Crippen molar-refractivity contribution in [1.82, 2.24) is 26.0 Å².